The average Bonchev–Trinajstić information content (AvgIpc) is 2.41. The van der Waals surface area contributed by atoms with Crippen molar-refractivity contribution in [3.8, 4) is 5.75 Å². The van der Waals surface area contributed by atoms with Gasteiger partial charge in [0.2, 0.25) is 0 Å². The highest BCUT2D eigenvalue weighted by Crippen LogP contribution is 2.28. The monoisotopic (exact) mass is 286 g/mol. The molecule has 0 spiro atoms. The van der Waals surface area contributed by atoms with Gasteiger partial charge in [0, 0.05) is 19.6 Å². The smallest absolute Gasteiger partial charge is 0.291 e. The van der Waals surface area contributed by atoms with E-state index in [0.717, 1.165) is 32.8 Å². The molecule has 0 unspecified atom stereocenters. The van der Waals surface area contributed by atoms with Gasteiger partial charge in [0.05, 0.1) is 24.2 Å². The minimum absolute atomic E-state index is 0.116. The van der Waals surface area contributed by atoms with Gasteiger partial charge in [-0.3, -0.25) is 15.0 Å². The average molecular weight is 287 g/mol. The molecule has 1 aliphatic heterocycles. The van der Waals surface area contributed by atoms with E-state index in [9.17, 15) is 10.1 Å². The Balaban J connectivity index is 1.85. The molecule has 0 aromatic heterocycles. The van der Waals surface area contributed by atoms with Crippen LogP contribution in [-0.4, -0.2) is 49.3 Å². The van der Waals surface area contributed by atoms with Crippen LogP contribution < -0.4 is 4.74 Å². The van der Waals surface area contributed by atoms with E-state index in [1.54, 1.807) is 6.07 Å². The van der Waals surface area contributed by atoms with Crippen molar-refractivity contribution in [1.29, 1.82) is 0 Å². The molecule has 6 nitrogen and oxygen atoms in total. The molecule has 0 aliphatic carbocycles. The van der Waals surface area contributed by atoms with E-state index in [1.165, 1.54) is 12.1 Å². The van der Waals surface area contributed by atoms with Gasteiger partial charge in [-0.1, -0.05) is 11.6 Å². The van der Waals surface area contributed by atoms with Gasteiger partial charge < -0.3 is 9.47 Å². The van der Waals surface area contributed by atoms with Crippen LogP contribution in [0.3, 0.4) is 0 Å². The molecule has 1 fully saturated rings. The SMILES string of the molecule is O=[N+]([O-])c1cc(OCCN2CCOCC2)ccc1Cl. The molecule has 0 radical (unpaired) electrons. The van der Waals surface area contributed by atoms with Crippen LogP contribution in [0.25, 0.3) is 0 Å². The first-order valence-corrected chi connectivity index (χ1v) is 6.41. The molecule has 1 aliphatic rings. The number of nitro benzene ring substituents is 1. The van der Waals surface area contributed by atoms with E-state index in [1.807, 2.05) is 0 Å². The lowest BCUT2D eigenvalue weighted by molar-refractivity contribution is -0.384. The van der Waals surface area contributed by atoms with Crippen molar-refractivity contribution >= 4 is 17.3 Å². The fraction of sp³-hybridized carbons (Fsp3) is 0.500. The van der Waals surface area contributed by atoms with Gasteiger partial charge in [-0.25, -0.2) is 0 Å². The van der Waals surface area contributed by atoms with Crippen molar-refractivity contribution in [3.05, 3.63) is 33.3 Å². The molecule has 0 N–H and O–H groups in total. The van der Waals surface area contributed by atoms with Crippen LogP contribution in [0.1, 0.15) is 0 Å². The molecular formula is C12H15ClN2O4. The predicted octanol–water partition coefficient (Wildman–Crippen LogP) is 1.96. The largest absolute Gasteiger partial charge is 0.492 e. The first kappa shape index (κ1) is 14.0. The van der Waals surface area contributed by atoms with Gasteiger partial charge in [-0.05, 0) is 12.1 Å². The zero-order valence-corrected chi connectivity index (χ0v) is 11.1. The fourth-order valence-corrected chi connectivity index (χ4v) is 2.03. The third kappa shape index (κ3) is 4.05. The predicted molar refractivity (Wildman–Crippen MR) is 70.9 cm³/mol. The summed E-state index contributed by atoms with van der Waals surface area (Å²) >= 11 is 5.73. The normalized spacial score (nSPS) is 16.3. The minimum Gasteiger partial charge on any atom is -0.492 e. The molecule has 0 amide bonds. The molecular weight excluding hydrogens is 272 g/mol. The summed E-state index contributed by atoms with van der Waals surface area (Å²) in [7, 11) is 0. The summed E-state index contributed by atoms with van der Waals surface area (Å²) in [5, 5.41) is 10.9. The lowest BCUT2D eigenvalue weighted by Gasteiger charge is -2.26. The maximum absolute atomic E-state index is 10.7. The van der Waals surface area contributed by atoms with E-state index >= 15 is 0 Å². The van der Waals surface area contributed by atoms with E-state index in [4.69, 9.17) is 21.1 Å². The summed E-state index contributed by atoms with van der Waals surface area (Å²) in [5.41, 5.74) is -0.134. The van der Waals surface area contributed by atoms with Gasteiger partial charge >= 0.3 is 0 Å². The lowest BCUT2D eigenvalue weighted by Crippen LogP contribution is -2.38. The van der Waals surface area contributed by atoms with Crippen LogP contribution in [0.15, 0.2) is 18.2 Å². The second kappa shape index (κ2) is 6.70. The number of ether oxygens (including phenoxy) is 2. The topological polar surface area (TPSA) is 64.8 Å². The van der Waals surface area contributed by atoms with Crippen LogP contribution in [0.5, 0.6) is 5.75 Å². The fourth-order valence-electron chi connectivity index (χ4n) is 1.84. The van der Waals surface area contributed by atoms with Gasteiger partial charge in [0.1, 0.15) is 17.4 Å². The van der Waals surface area contributed by atoms with Crippen molar-refractivity contribution in [2.24, 2.45) is 0 Å². The zero-order chi connectivity index (χ0) is 13.7. The molecule has 104 valence electrons. The Kier molecular flexibility index (Phi) is 4.95. The molecule has 19 heavy (non-hydrogen) atoms. The van der Waals surface area contributed by atoms with Crippen molar-refractivity contribution in [1.82, 2.24) is 4.90 Å². The lowest BCUT2D eigenvalue weighted by atomic mass is 10.3. The maximum atomic E-state index is 10.7. The standard InChI is InChI=1S/C12H15ClN2O4/c13-11-2-1-10(9-12(11)15(16)17)19-8-5-14-3-6-18-7-4-14/h1-2,9H,3-8H2. The van der Waals surface area contributed by atoms with Gasteiger partial charge in [0.15, 0.2) is 0 Å². The maximum Gasteiger partial charge on any atom is 0.291 e. The highest BCUT2D eigenvalue weighted by Gasteiger charge is 2.14. The summed E-state index contributed by atoms with van der Waals surface area (Å²) in [6, 6.07) is 4.46. The summed E-state index contributed by atoms with van der Waals surface area (Å²) in [4.78, 5) is 12.5. The van der Waals surface area contributed by atoms with Crippen molar-refractivity contribution in [2.45, 2.75) is 0 Å². The van der Waals surface area contributed by atoms with Crippen LogP contribution in [0.2, 0.25) is 5.02 Å². The first-order chi connectivity index (χ1) is 9.16. The van der Waals surface area contributed by atoms with Gasteiger partial charge in [-0.15, -0.1) is 0 Å². The molecule has 0 saturated carbocycles. The second-order valence-corrected chi connectivity index (χ2v) is 4.58. The molecule has 1 aromatic carbocycles. The van der Waals surface area contributed by atoms with E-state index < -0.39 is 4.92 Å². The number of hydrogen-bond acceptors (Lipinski definition) is 5. The number of nitro groups is 1. The number of benzene rings is 1. The van der Waals surface area contributed by atoms with Crippen LogP contribution in [0.4, 0.5) is 5.69 Å². The number of nitrogens with zero attached hydrogens (tertiary/aromatic N) is 2. The van der Waals surface area contributed by atoms with Crippen molar-refractivity contribution in [3.63, 3.8) is 0 Å². The molecule has 1 heterocycles. The Bertz CT molecular complexity index is 449. The Hall–Kier alpha value is -1.37. The second-order valence-electron chi connectivity index (χ2n) is 4.17. The third-order valence-electron chi connectivity index (χ3n) is 2.89. The highest BCUT2D eigenvalue weighted by atomic mass is 35.5. The molecule has 7 heteroatoms. The molecule has 2 rings (SSSR count). The van der Waals surface area contributed by atoms with Crippen LogP contribution >= 0.6 is 11.6 Å². The van der Waals surface area contributed by atoms with E-state index in [2.05, 4.69) is 4.90 Å². The quantitative estimate of drug-likeness (QED) is 0.611. The molecule has 0 bridgehead atoms. The number of halogens is 1. The third-order valence-corrected chi connectivity index (χ3v) is 3.21. The number of rotatable bonds is 5. The van der Waals surface area contributed by atoms with Gasteiger partial charge in [0.25, 0.3) is 5.69 Å². The number of hydrogen-bond donors (Lipinski definition) is 0. The van der Waals surface area contributed by atoms with E-state index in [0.29, 0.717) is 12.4 Å². The number of morpholine rings is 1. The van der Waals surface area contributed by atoms with E-state index in [-0.39, 0.29) is 10.7 Å². The Morgan fingerprint density at radius 1 is 1.42 bits per heavy atom. The molecule has 1 saturated heterocycles. The summed E-state index contributed by atoms with van der Waals surface area (Å²) < 4.78 is 10.8. The van der Waals surface area contributed by atoms with Gasteiger partial charge in [-0.2, -0.15) is 0 Å². The minimum atomic E-state index is -0.517. The zero-order valence-electron chi connectivity index (χ0n) is 10.4. The van der Waals surface area contributed by atoms with Crippen LogP contribution in [-0.2, 0) is 4.74 Å². The Morgan fingerprint density at radius 2 is 2.16 bits per heavy atom. The summed E-state index contributed by atoms with van der Waals surface area (Å²) in [6.07, 6.45) is 0. The Labute approximate surface area is 116 Å². The molecule has 0 atom stereocenters. The van der Waals surface area contributed by atoms with Crippen molar-refractivity contribution < 1.29 is 14.4 Å². The van der Waals surface area contributed by atoms with Crippen molar-refractivity contribution in [2.75, 3.05) is 39.5 Å². The Morgan fingerprint density at radius 3 is 2.84 bits per heavy atom. The molecule has 1 aromatic rings. The highest BCUT2D eigenvalue weighted by molar-refractivity contribution is 6.32. The first-order valence-electron chi connectivity index (χ1n) is 6.03. The van der Waals surface area contributed by atoms with Crippen LogP contribution in [0, 0.1) is 10.1 Å². The summed E-state index contributed by atoms with van der Waals surface area (Å²) in [6.45, 7) is 4.53. The summed E-state index contributed by atoms with van der Waals surface area (Å²) in [5.74, 6) is 0.462.